The van der Waals surface area contributed by atoms with Crippen LogP contribution in [0.25, 0.3) is 0 Å². The lowest BCUT2D eigenvalue weighted by molar-refractivity contribution is -0.404. The molecule has 0 atom stereocenters. The molecule has 0 unspecified atom stereocenters. The van der Waals surface area contributed by atoms with Crippen molar-refractivity contribution in [2.24, 2.45) is 0 Å². The number of nitrogens with zero attached hydrogens (tertiary/aromatic N) is 3. The zero-order valence-corrected chi connectivity index (χ0v) is 12.0. The van der Waals surface area contributed by atoms with Gasteiger partial charge >= 0.3 is 0 Å². The van der Waals surface area contributed by atoms with E-state index in [4.69, 9.17) is 11.6 Å². The maximum atomic E-state index is 10.5. The Morgan fingerprint density at radius 1 is 1.72 bits per heavy atom. The summed E-state index contributed by atoms with van der Waals surface area (Å²) in [6.45, 7) is 0.490. The first-order valence-corrected chi connectivity index (χ1v) is 6.32. The number of pyridine rings is 1. The SMILES string of the molecule is CN(Cc1ccc(Br)nc1)C(=C[N+](=O)[O-])NCCl. The van der Waals surface area contributed by atoms with Crippen molar-refractivity contribution >= 4 is 27.5 Å². The Balaban J connectivity index is 2.75. The fourth-order valence-electron chi connectivity index (χ4n) is 1.31. The normalized spacial score (nSPS) is 11.2. The lowest BCUT2D eigenvalue weighted by Gasteiger charge is -2.20. The van der Waals surface area contributed by atoms with E-state index >= 15 is 0 Å². The fourth-order valence-corrected chi connectivity index (χ4v) is 1.68. The number of rotatable bonds is 6. The van der Waals surface area contributed by atoms with Gasteiger partial charge in [0.15, 0.2) is 5.82 Å². The molecule has 1 rings (SSSR count). The summed E-state index contributed by atoms with van der Waals surface area (Å²) in [6, 6.07) is 3.80. The molecule has 6 nitrogen and oxygen atoms in total. The van der Waals surface area contributed by atoms with Gasteiger partial charge < -0.3 is 10.2 Å². The summed E-state index contributed by atoms with van der Waals surface area (Å²) < 4.78 is 0.744. The Morgan fingerprint density at radius 2 is 2.44 bits per heavy atom. The van der Waals surface area contributed by atoms with Crippen molar-refractivity contribution in [2.45, 2.75) is 6.54 Å². The molecule has 0 saturated heterocycles. The lowest BCUT2D eigenvalue weighted by Crippen LogP contribution is -2.28. The van der Waals surface area contributed by atoms with Gasteiger partial charge in [0.25, 0.3) is 6.20 Å². The molecule has 0 radical (unpaired) electrons. The second-order valence-corrected chi connectivity index (χ2v) is 4.54. The van der Waals surface area contributed by atoms with Crippen LogP contribution in [0.3, 0.4) is 0 Å². The number of aromatic nitrogens is 1. The Kier molecular flexibility index (Phi) is 5.87. The van der Waals surface area contributed by atoms with Crippen LogP contribution < -0.4 is 5.32 Å². The average molecular weight is 336 g/mol. The third kappa shape index (κ3) is 4.89. The fraction of sp³-hybridized carbons (Fsp3) is 0.300. The molecule has 1 heterocycles. The van der Waals surface area contributed by atoms with Gasteiger partial charge in [0.1, 0.15) is 4.60 Å². The molecule has 0 fully saturated rings. The summed E-state index contributed by atoms with van der Waals surface area (Å²) in [7, 11) is 1.73. The van der Waals surface area contributed by atoms with Gasteiger partial charge in [0, 0.05) is 19.8 Å². The van der Waals surface area contributed by atoms with Crippen molar-refractivity contribution in [3.63, 3.8) is 0 Å². The summed E-state index contributed by atoms with van der Waals surface area (Å²) in [5, 5.41) is 13.2. The highest BCUT2D eigenvalue weighted by Crippen LogP contribution is 2.10. The van der Waals surface area contributed by atoms with Crippen LogP contribution in [-0.4, -0.2) is 27.9 Å². The first-order chi connectivity index (χ1) is 8.52. The zero-order chi connectivity index (χ0) is 13.5. The van der Waals surface area contributed by atoms with E-state index in [1.165, 1.54) is 0 Å². The van der Waals surface area contributed by atoms with E-state index in [0.29, 0.717) is 12.4 Å². The second-order valence-electron chi connectivity index (χ2n) is 3.46. The molecule has 0 aliphatic carbocycles. The molecule has 0 spiro atoms. The van der Waals surface area contributed by atoms with Crippen LogP contribution in [0.15, 0.2) is 35.0 Å². The molecule has 1 N–H and O–H groups in total. The van der Waals surface area contributed by atoms with Gasteiger partial charge in [-0.3, -0.25) is 10.1 Å². The Bertz CT molecular complexity index is 438. The third-order valence-electron chi connectivity index (χ3n) is 2.10. The molecular formula is C10H12BrClN4O2. The van der Waals surface area contributed by atoms with Crippen LogP contribution in [0.4, 0.5) is 0 Å². The van der Waals surface area contributed by atoms with E-state index in [2.05, 4.69) is 26.2 Å². The Morgan fingerprint density at radius 3 is 2.94 bits per heavy atom. The highest BCUT2D eigenvalue weighted by molar-refractivity contribution is 9.10. The molecule has 0 aliphatic heterocycles. The van der Waals surface area contributed by atoms with Crippen molar-refractivity contribution < 1.29 is 4.92 Å². The molecule has 0 aromatic carbocycles. The molecule has 8 heteroatoms. The van der Waals surface area contributed by atoms with E-state index in [1.807, 2.05) is 12.1 Å². The van der Waals surface area contributed by atoms with Gasteiger partial charge in [0.05, 0.1) is 10.9 Å². The molecule has 0 amide bonds. The highest BCUT2D eigenvalue weighted by Gasteiger charge is 2.09. The molecular weight excluding hydrogens is 323 g/mol. The quantitative estimate of drug-likeness (QED) is 0.283. The second kappa shape index (κ2) is 7.17. The number of hydrogen-bond donors (Lipinski definition) is 1. The standard InChI is InChI=1S/C10H12BrClN4O2/c1-15(10(14-7-12)6-16(17)18)5-8-2-3-9(11)13-4-8/h2-4,6,14H,5,7H2,1H3. The van der Waals surface area contributed by atoms with E-state index in [9.17, 15) is 10.1 Å². The molecule has 1 aromatic heterocycles. The summed E-state index contributed by atoms with van der Waals surface area (Å²) in [4.78, 5) is 15.7. The van der Waals surface area contributed by atoms with Crippen LogP contribution in [0.2, 0.25) is 0 Å². The molecule has 18 heavy (non-hydrogen) atoms. The van der Waals surface area contributed by atoms with Crippen molar-refractivity contribution in [2.75, 3.05) is 13.1 Å². The van der Waals surface area contributed by atoms with Crippen LogP contribution in [0.5, 0.6) is 0 Å². The van der Waals surface area contributed by atoms with Crippen molar-refractivity contribution in [1.82, 2.24) is 15.2 Å². The minimum Gasteiger partial charge on any atom is -0.353 e. The topological polar surface area (TPSA) is 71.3 Å². The Hall–Kier alpha value is -1.34. The highest BCUT2D eigenvalue weighted by atomic mass is 79.9. The maximum Gasteiger partial charge on any atom is 0.274 e. The van der Waals surface area contributed by atoms with Gasteiger partial charge in [-0.05, 0) is 27.6 Å². The van der Waals surface area contributed by atoms with Crippen LogP contribution in [-0.2, 0) is 6.54 Å². The van der Waals surface area contributed by atoms with Gasteiger partial charge in [-0.2, -0.15) is 0 Å². The van der Waals surface area contributed by atoms with E-state index in [1.54, 1.807) is 18.1 Å². The van der Waals surface area contributed by atoms with Crippen LogP contribution >= 0.6 is 27.5 Å². The zero-order valence-electron chi connectivity index (χ0n) is 9.64. The van der Waals surface area contributed by atoms with Crippen LogP contribution in [0.1, 0.15) is 5.56 Å². The lowest BCUT2D eigenvalue weighted by atomic mass is 10.3. The minimum absolute atomic E-state index is 0.0998. The van der Waals surface area contributed by atoms with E-state index in [-0.39, 0.29) is 6.00 Å². The summed E-state index contributed by atoms with van der Waals surface area (Å²) >= 11 is 8.77. The summed E-state index contributed by atoms with van der Waals surface area (Å²) in [6.07, 6.45) is 2.58. The molecule has 0 aliphatic rings. The smallest absolute Gasteiger partial charge is 0.274 e. The number of nitrogens with one attached hydrogen (secondary N) is 1. The minimum atomic E-state index is -0.523. The summed E-state index contributed by atoms with van der Waals surface area (Å²) in [5.41, 5.74) is 0.936. The predicted octanol–water partition coefficient (Wildman–Crippen LogP) is 2.14. The van der Waals surface area contributed by atoms with Crippen molar-refractivity contribution in [3.05, 3.63) is 50.6 Å². The molecule has 0 saturated carbocycles. The first-order valence-electron chi connectivity index (χ1n) is 4.99. The first kappa shape index (κ1) is 14.7. The van der Waals surface area contributed by atoms with Crippen molar-refractivity contribution in [3.8, 4) is 0 Å². The molecule has 98 valence electrons. The van der Waals surface area contributed by atoms with Gasteiger partial charge in [0.2, 0.25) is 0 Å². The monoisotopic (exact) mass is 334 g/mol. The van der Waals surface area contributed by atoms with Gasteiger partial charge in [-0.15, -0.1) is 11.6 Å². The van der Waals surface area contributed by atoms with Gasteiger partial charge in [-0.25, -0.2) is 4.98 Å². The van der Waals surface area contributed by atoms with Crippen molar-refractivity contribution in [1.29, 1.82) is 0 Å². The number of nitro groups is 1. The number of halogens is 2. The number of hydrogen-bond acceptors (Lipinski definition) is 5. The van der Waals surface area contributed by atoms with Crippen LogP contribution in [0, 0.1) is 10.1 Å². The molecule has 0 bridgehead atoms. The predicted molar refractivity (Wildman–Crippen MR) is 72.3 cm³/mol. The average Bonchev–Trinajstić information content (AvgIpc) is 2.31. The molecule has 1 aromatic rings. The maximum absolute atomic E-state index is 10.5. The Labute approximate surface area is 118 Å². The van der Waals surface area contributed by atoms with E-state index < -0.39 is 4.92 Å². The van der Waals surface area contributed by atoms with Gasteiger partial charge in [-0.1, -0.05) is 6.07 Å². The summed E-state index contributed by atoms with van der Waals surface area (Å²) in [5.74, 6) is 0.345. The third-order valence-corrected chi connectivity index (χ3v) is 2.70. The number of alkyl halides is 1. The largest absolute Gasteiger partial charge is 0.353 e. The van der Waals surface area contributed by atoms with E-state index in [0.717, 1.165) is 16.4 Å².